The Morgan fingerprint density at radius 1 is 1.25 bits per heavy atom. The molecule has 1 aliphatic heterocycles. The van der Waals surface area contributed by atoms with Crippen LogP contribution in [0.2, 0.25) is 0 Å². The fourth-order valence-corrected chi connectivity index (χ4v) is 2.78. The summed E-state index contributed by atoms with van der Waals surface area (Å²) in [5.41, 5.74) is 2.78. The number of nitrogens with one attached hydrogen (secondary N) is 1. The van der Waals surface area contributed by atoms with Crippen LogP contribution >= 0.6 is 0 Å². The molecule has 1 aromatic rings. The van der Waals surface area contributed by atoms with Gasteiger partial charge in [-0.15, -0.1) is 0 Å². The minimum atomic E-state index is 0.456. The van der Waals surface area contributed by atoms with Crippen molar-refractivity contribution in [3.8, 4) is 0 Å². The number of hydrogen-bond donors (Lipinski definition) is 1. The maximum atomic E-state index is 5.74. The second-order valence-electron chi connectivity index (χ2n) is 5.81. The molecule has 3 heteroatoms. The summed E-state index contributed by atoms with van der Waals surface area (Å²) in [5, 5.41) is 3.52. The van der Waals surface area contributed by atoms with Gasteiger partial charge in [0.25, 0.3) is 0 Å². The first kappa shape index (κ1) is 15.3. The van der Waals surface area contributed by atoms with Crippen molar-refractivity contribution in [1.29, 1.82) is 0 Å². The van der Waals surface area contributed by atoms with Crippen molar-refractivity contribution in [3.63, 3.8) is 0 Å². The first-order chi connectivity index (χ1) is 9.70. The summed E-state index contributed by atoms with van der Waals surface area (Å²) in [7, 11) is 0. The Morgan fingerprint density at radius 3 is 2.60 bits per heavy atom. The van der Waals surface area contributed by atoms with Crippen molar-refractivity contribution in [2.75, 3.05) is 24.6 Å². The highest BCUT2D eigenvalue weighted by atomic mass is 16.5. The van der Waals surface area contributed by atoms with Crippen molar-refractivity contribution in [2.45, 2.75) is 52.3 Å². The van der Waals surface area contributed by atoms with Crippen molar-refractivity contribution in [3.05, 3.63) is 29.8 Å². The monoisotopic (exact) mass is 276 g/mol. The molecule has 3 nitrogen and oxygen atoms in total. The first-order valence-electron chi connectivity index (χ1n) is 7.88. The molecule has 1 aromatic carbocycles. The van der Waals surface area contributed by atoms with E-state index in [1.807, 2.05) is 0 Å². The second-order valence-corrected chi connectivity index (χ2v) is 5.81. The molecule has 0 aromatic heterocycles. The van der Waals surface area contributed by atoms with Crippen LogP contribution in [0.15, 0.2) is 24.3 Å². The molecule has 1 N–H and O–H groups in total. The van der Waals surface area contributed by atoms with Crippen LogP contribution in [0.3, 0.4) is 0 Å². The van der Waals surface area contributed by atoms with Gasteiger partial charge in [-0.3, -0.25) is 0 Å². The maximum absolute atomic E-state index is 5.74. The lowest BCUT2D eigenvalue weighted by Crippen LogP contribution is -2.38. The van der Waals surface area contributed by atoms with Crippen LogP contribution in [0.25, 0.3) is 0 Å². The molecule has 0 aliphatic carbocycles. The van der Waals surface area contributed by atoms with E-state index >= 15 is 0 Å². The number of hydrogen-bond acceptors (Lipinski definition) is 3. The molecule has 1 saturated heterocycles. The van der Waals surface area contributed by atoms with Gasteiger partial charge >= 0.3 is 0 Å². The highest BCUT2D eigenvalue weighted by Gasteiger charge is 2.20. The van der Waals surface area contributed by atoms with E-state index < -0.39 is 0 Å². The lowest BCUT2D eigenvalue weighted by molar-refractivity contribution is 0.0459. The van der Waals surface area contributed by atoms with Crippen molar-refractivity contribution in [2.24, 2.45) is 0 Å². The zero-order valence-corrected chi connectivity index (χ0v) is 13.1. The van der Waals surface area contributed by atoms with Gasteiger partial charge in [0.05, 0.1) is 6.10 Å². The zero-order valence-electron chi connectivity index (χ0n) is 13.1. The van der Waals surface area contributed by atoms with Gasteiger partial charge in [-0.2, -0.15) is 0 Å². The Kier molecular flexibility index (Phi) is 5.86. The van der Waals surface area contributed by atoms with E-state index in [2.05, 4.69) is 55.3 Å². The summed E-state index contributed by atoms with van der Waals surface area (Å²) in [5.74, 6) is 0. The number of piperidine rings is 1. The topological polar surface area (TPSA) is 24.5 Å². The van der Waals surface area contributed by atoms with Gasteiger partial charge in [0, 0.05) is 38.0 Å². The minimum absolute atomic E-state index is 0.456. The minimum Gasteiger partial charge on any atom is -0.378 e. The molecule has 0 unspecified atom stereocenters. The third-order valence-electron chi connectivity index (χ3n) is 3.88. The van der Waals surface area contributed by atoms with Crippen molar-refractivity contribution >= 4 is 5.69 Å². The predicted octanol–water partition coefficient (Wildman–Crippen LogP) is 3.19. The summed E-state index contributed by atoms with van der Waals surface area (Å²) >= 11 is 0. The van der Waals surface area contributed by atoms with E-state index in [1.165, 1.54) is 11.3 Å². The fourth-order valence-electron chi connectivity index (χ4n) is 2.78. The third-order valence-corrected chi connectivity index (χ3v) is 3.88. The smallest absolute Gasteiger partial charge is 0.0608 e. The Balaban J connectivity index is 1.98. The van der Waals surface area contributed by atoms with Crippen LogP contribution < -0.4 is 10.2 Å². The van der Waals surface area contributed by atoms with E-state index in [9.17, 15) is 0 Å². The van der Waals surface area contributed by atoms with Crippen LogP contribution in [0.4, 0.5) is 5.69 Å². The van der Waals surface area contributed by atoms with Crippen molar-refractivity contribution < 1.29 is 4.74 Å². The molecule has 0 bridgehead atoms. The number of ether oxygens (including phenoxy) is 1. The van der Waals surface area contributed by atoms with E-state index in [-0.39, 0.29) is 0 Å². The van der Waals surface area contributed by atoms with Crippen LogP contribution in [-0.2, 0) is 11.3 Å². The molecule has 1 fully saturated rings. The number of rotatable bonds is 6. The molecule has 0 saturated carbocycles. The lowest BCUT2D eigenvalue weighted by atomic mass is 10.0. The zero-order chi connectivity index (χ0) is 14.4. The molecule has 0 spiro atoms. The van der Waals surface area contributed by atoms with Gasteiger partial charge in [-0.25, -0.2) is 0 Å². The number of benzene rings is 1. The molecular formula is C17H28N2O. The fraction of sp³-hybridized carbons (Fsp3) is 0.647. The number of para-hydroxylation sites is 1. The summed E-state index contributed by atoms with van der Waals surface area (Å²) in [6.07, 6.45) is 2.73. The van der Waals surface area contributed by atoms with Gasteiger partial charge in [0.15, 0.2) is 0 Å². The highest BCUT2D eigenvalue weighted by Crippen LogP contribution is 2.25. The van der Waals surface area contributed by atoms with Gasteiger partial charge in [0.2, 0.25) is 0 Å². The van der Waals surface area contributed by atoms with Crippen LogP contribution in [0, 0.1) is 0 Å². The SMILES string of the molecule is CCOC1CCN(c2ccccc2CNC(C)C)CC1. The standard InChI is InChI=1S/C17H28N2O/c1-4-20-16-9-11-19(12-10-16)17-8-6-5-7-15(17)13-18-14(2)3/h5-8,14,16,18H,4,9-13H2,1-3H3. The number of anilines is 1. The Hall–Kier alpha value is -1.06. The Labute approximate surface area is 123 Å². The van der Waals surface area contributed by atoms with E-state index in [0.717, 1.165) is 39.1 Å². The van der Waals surface area contributed by atoms with Gasteiger partial charge in [-0.05, 0) is 31.4 Å². The predicted molar refractivity (Wildman–Crippen MR) is 85.3 cm³/mol. The molecular weight excluding hydrogens is 248 g/mol. The summed E-state index contributed by atoms with van der Waals surface area (Å²) in [6, 6.07) is 9.28. The molecule has 0 amide bonds. The van der Waals surface area contributed by atoms with Gasteiger partial charge < -0.3 is 15.0 Å². The van der Waals surface area contributed by atoms with E-state index in [1.54, 1.807) is 0 Å². The normalized spacial score (nSPS) is 16.9. The second kappa shape index (κ2) is 7.65. The maximum Gasteiger partial charge on any atom is 0.0608 e. The average molecular weight is 276 g/mol. The van der Waals surface area contributed by atoms with E-state index in [4.69, 9.17) is 4.74 Å². The molecule has 1 aliphatic rings. The Bertz CT molecular complexity index is 398. The van der Waals surface area contributed by atoms with E-state index in [0.29, 0.717) is 12.1 Å². The highest BCUT2D eigenvalue weighted by molar-refractivity contribution is 5.54. The van der Waals surface area contributed by atoms with Gasteiger partial charge in [0.1, 0.15) is 0 Å². The molecule has 112 valence electrons. The van der Waals surface area contributed by atoms with Crippen LogP contribution in [0.1, 0.15) is 39.2 Å². The molecule has 20 heavy (non-hydrogen) atoms. The number of nitrogens with zero attached hydrogens (tertiary/aromatic N) is 1. The molecule has 0 atom stereocenters. The molecule has 0 radical (unpaired) electrons. The van der Waals surface area contributed by atoms with Crippen LogP contribution in [-0.4, -0.2) is 31.8 Å². The summed E-state index contributed by atoms with van der Waals surface area (Å²) < 4.78 is 5.74. The average Bonchev–Trinajstić information content (AvgIpc) is 2.47. The Morgan fingerprint density at radius 2 is 1.95 bits per heavy atom. The van der Waals surface area contributed by atoms with Crippen LogP contribution in [0.5, 0.6) is 0 Å². The summed E-state index contributed by atoms with van der Waals surface area (Å²) in [4.78, 5) is 2.51. The lowest BCUT2D eigenvalue weighted by Gasteiger charge is -2.34. The molecule has 2 rings (SSSR count). The molecule has 1 heterocycles. The largest absolute Gasteiger partial charge is 0.378 e. The quantitative estimate of drug-likeness (QED) is 0.863. The van der Waals surface area contributed by atoms with Gasteiger partial charge in [-0.1, -0.05) is 32.0 Å². The first-order valence-corrected chi connectivity index (χ1v) is 7.88. The van der Waals surface area contributed by atoms with Crippen molar-refractivity contribution in [1.82, 2.24) is 5.32 Å². The summed E-state index contributed by atoms with van der Waals surface area (Å²) in [6.45, 7) is 10.4. The third kappa shape index (κ3) is 4.22.